The molecule has 8 heteroatoms. The maximum atomic E-state index is 12.8. The molecule has 0 bridgehead atoms. The van der Waals surface area contributed by atoms with E-state index in [1.165, 1.54) is 11.5 Å². The molecular formula is C24H27ClN4O2S. The van der Waals surface area contributed by atoms with Crippen LogP contribution in [0.4, 0.5) is 5.00 Å². The van der Waals surface area contributed by atoms with Gasteiger partial charge in [-0.3, -0.25) is 4.79 Å². The van der Waals surface area contributed by atoms with E-state index in [-0.39, 0.29) is 24.1 Å². The highest BCUT2D eigenvalue weighted by Gasteiger charge is 2.17. The first-order valence-corrected chi connectivity index (χ1v) is 11.2. The zero-order valence-electron chi connectivity index (χ0n) is 18.2. The van der Waals surface area contributed by atoms with Gasteiger partial charge in [-0.2, -0.15) is 4.37 Å². The van der Waals surface area contributed by atoms with Gasteiger partial charge in [0, 0.05) is 37.2 Å². The van der Waals surface area contributed by atoms with Crippen molar-refractivity contribution in [3.05, 3.63) is 83.0 Å². The number of carbonyl (C=O) groups is 1. The second-order valence-corrected chi connectivity index (χ2v) is 8.20. The Morgan fingerprint density at radius 1 is 1.09 bits per heavy atom. The number of aliphatic imine (C=N–C) groups is 1. The van der Waals surface area contributed by atoms with Crippen molar-refractivity contribution in [2.75, 3.05) is 33.4 Å². The average Bonchev–Trinajstić information content (AvgIpc) is 3.31. The molecule has 1 atom stereocenters. The van der Waals surface area contributed by atoms with Crippen LogP contribution < -0.4 is 5.32 Å². The number of benzene rings is 2. The molecule has 1 fully saturated rings. The van der Waals surface area contributed by atoms with Gasteiger partial charge in [0.1, 0.15) is 5.00 Å². The van der Waals surface area contributed by atoms with Gasteiger partial charge in [-0.15, -0.1) is 12.4 Å². The van der Waals surface area contributed by atoms with Crippen LogP contribution in [-0.2, 0) is 4.74 Å². The molecule has 168 valence electrons. The highest BCUT2D eigenvalue weighted by atomic mass is 35.5. The number of ketones is 1. The summed E-state index contributed by atoms with van der Waals surface area (Å²) < 4.78 is 10.1. The van der Waals surface area contributed by atoms with E-state index in [1.54, 1.807) is 0 Å². The lowest BCUT2D eigenvalue weighted by molar-refractivity contribution is 0.0668. The van der Waals surface area contributed by atoms with Crippen LogP contribution in [0, 0.1) is 0 Å². The van der Waals surface area contributed by atoms with Crippen molar-refractivity contribution in [2.24, 2.45) is 4.99 Å². The number of hydrogen-bond acceptors (Lipinski definition) is 5. The Kier molecular flexibility index (Phi) is 8.39. The minimum absolute atomic E-state index is 0. The van der Waals surface area contributed by atoms with Crippen LogP contribution >= 0.6 is 23.9 Å². The quantitative estimate of drug-likeness (QED) is 0.338. The van der Waals surface area contributed by atoms with Crippen LogP contribution in [0.5, 0.6) is 0 Å². The average molecular weight is 471 g/mol. The fourth-order valence-electron chi connectivity index (χ4n) is 3.58. The van der Waals surface area contributed by atoms with Crippen molar-refractivity contribution < 1.29 is 9.53 Å². The zero-order chi connectivity index (χ0) is 21.6. The summed E-state index contributed by atoms with van der Waals surface area (Å²) in [5.74, 6) is 0.925. The SMILES string of the molecule is CNC(=Nc1cc(C(C)c2cccc(C(=O)c3ccccc3)c2)ns1)N1CCOCC1.Cl. The number of ether oxygens (including phenoxy) is 1. The lowest BCUT2D eigenvalue weighted by Gasteiger charge is -2.29. The van der Waals surface area contributed by atoms with Crippen molar-refractivity contribution in [3.8, 4) is 0 Å². The smallest absolute Gasteiger partial charge is 0.199 e. The second-order valence-electron chi connectivity index (χ2n) is 7.42. The first-order chi connectivity index (χ1) is 15.2. The Bertz CT molecular complexity index is 1060. The molecule has 1 saturated heterocycles. The highest BCUT2D eigenvalue weighted by Crippen LogP contribution is 2.30. The maximum absolute atomic E-state index is 12.8. The van der Waals surface area contributed by atoms with E-state index in [0.717, 1.165) is 35.3 Å². The Morgan fingerprint density at radius 3 is 2.53 bits per heavy atom. The van der Waals surface area contributed by atoms with E-state index in [9.17, 15) is 4.79 Å². The predicted molar refractivity (Wildman–Crippen MR) is 132 cm³/mol. The molecule has 32 heavy (non-hydrogen) atoms. The van der Waals surface area contributed by atoms with E-state index < -0.39 is 0 Å². The molecule has 3 aromatic rings. The first-order valence-electron chi connectivity index (χ1n) is 10.4. The molecular weight excluding hydrogens is 444 g/mol. The van der Waals surface area contributed by atoms with Crippen molar-refractivity contribution in [3.63, 3.8) is 0 Å². The van der Waals surface area contributed by atoms with Crippen molar-refractivity contribution in [1.82, 2.24) is 14.6 Å². The number of aromatic nitrogens is 1. The van der Waals surface area contributed by atoms with Gasteiger partial charge in [0.15, 0.2) is 11.7 Å². The molecule has 1 aromatic heterocycles. The zero-order valence-corrected chi connectivity index (χ0v) is 19.8. The van der Waals surface area contributed by atoms with Crippen LogP contribution in [0.1, 0.15) is 40.0 Å². The third-order valence-corrected chi connectivity index (χ3v) is 6.09. The van der Waals surface area contributed by atoms with Crippen LogP contribution in [0.2, 0.25) is 0 Å². The Morgan fingerprint density at radius 2 is 1.81 bits per heavy atom. The van der Waals surface area contributed by atoms with Gasteiger partial charge < -0.3 is 15.0 Å². The summed E-state index contributed by atoms with van der Waals surface area (Å²) in [5.41, 5.74) is 3.39. The van der Waals surface area contributed by atoms with Gasteiger partial charge in [0.2, 0.25) is 0 Å². The minimum atomic E-state index is 0. The normalized spacial score (nSPS) is 15.1. The topological polar surface area (TPSA) is 66.8 Å². The molecule has 0 aliphatic carbocycles. The van der Waals surface area contributed by atoms with Crippen LogP contribution in [0.3, 0.4) is 0 Å². The molecule has 0 saturated carbocycles. The summed E-state index contributed by atoms with van der Waals surface area (Å²) in [6.45, 7) is 5.18. The third-order valence-electron chi connectivity index (χ3n) is 5.39. The number of nitrogens with zero attached hydrogens (tertiary/aromatic N) is 3. The highest BCUT2D eigenvalue weighted by molar-refractivity contribution is 7.09. The molecule has 2 aromatic carbocycles. The molecule has 0 amide bonds. The summed E-state index contributed by atoms with van der Waals surface area (Å²) in [5, 5.41) is 4.04. The van der Waals surface area contributed by atoms with E-state index >= 15 is 0 Å². The molecule has 1 unspecified atom stereocenters. The Balaban J connectivity index is 0.00000289. The molecule has 0 spiro atoms. The van der Waals surface area contributed by atoms with Gasteiger partial charge in [0.05, 0.1) is 18.9 Å². The number of rotatable bonds is 5. The lowest BCUT2D eigenvalue weighted by Crippen LogP contribution is -2.45. The van der Waals surface area contributed by atoms with Crippen LogP contribution in [0.15, 0.2) is 65.7 Å². The van der Waals surface area contributed by atoms with Gasteiger partial charge in [0.25, 0.3) is 0 Å². The van der Waals surface area contributed by atoms with Crippen molar-refractivity contribution >= 4 is 40.7 Å². The third kappa shape index (κ3) is 5.54. The van der Waals surface area contributed by atoms with E-state index in [0.29, 0.717) is 24.3 Å². The Hall–Kier alpha value is -2.74. The summed E-state index contributed by atoms with van der Waals surface area (Å²) in [6, 6.07) is 19.2. The summed E-state index contributed by atoms with van der Waals surface area (Å²) >= 11 is 1.39. The number of halogens is 1. The minimum Gasteiger partial charge on any atom is -0.378 e. The van der Waals surface area contributed by atoms with Gasteiger partial charge in [-0.25, -0.2) is 4.99 Å². The number of morpholine rings is 1. The lowest BCUT2D eigenvalue weighted by atomic mass is 9.94. The van der Waals surface area contributed by atoms with Gasteiger partial charge in [-0.1, -0.05) is 55.5 Å². The summed E-state index contributed by atoms with van der Waals surface area (Å²) in [7, 11) is 1.88. The predicted octanol–water partition coefficient (Wildman–Crippen LogP) is 4.49. The van der Waals surface area contributed by atoms with Crippen molar-refractivity contribution in [2.45, 2.75) is 12.8 Å². The number of guanidine groups is 1. The molecule has 2 heterocycles. The molecule has 0 radical (unpaired) electrons. The number of hydrogen-bond donors (Lipinski definition) is 1. The molecule has 6 nitrogen and oxygen atoms in total. The summed E-state index contributed by atoms with van der Waals surface area (Å²) in [6.07, 6.45) is 0. The van der Waals surface area contributed by atoms with Crippen LogP contribution in [0.25, 0.3) is 0 Å². The maximum Gasteiger partial charge on any atom is 0.199 e. The van der Waals surface area contributed by atoms with Crippen LogP contribution in [-0.4, -0.2) is 54.4 Å². The van der Waals surface area contributed by atoms with E-state index in [4.69, 9.17) is 9.73 Å². The second kappa shape index (κ2) is 11.2. The summed E-state index contributed by atoms with van der Waals surface area (Å²) in [4.78, 5) is 19.8. The Labute approximate surface area is 198 Å². The van der Waals surface area contributed by atoms with E-state index in [2.05, 4.69) is 21.5 Å². The standard InChI is InChI=1S/C24H26N4O2S.ClH/c1-17(19-9-6-10-20(15-19)23(29)18-7-4-3-5-8-18)21-16-22(31-27-21)26-24(25-2)28-11-13-30-14-12-28;/h3-10,15-17H,11-14H2,1-2H3,(H,25,26);1H. The van der Waals surface area contributed by atoms with E-state index in [1.807, 2.05) is 67.7 Å². The number of carbonyl (C=O) groups excluding carboxylic acids is 1. The monoisotopic (exact) mass is 470 g/mol. The molecule has 1 aliphatic heterocycles. The molecule has 1 N–H and O–H groups in total. The molecule has 1 aliphatic rings. The fraction of sp³-hybridized carbons (Fsp3) is 0.292. The fourth-order valence-corrected chi connectivity index (χ4v) is 4.29. The number of nitrogens with one attached hydrogen (secondary N) is 1. The first kappa shape index (κ1) is 23.9. The largest absolute Gasteiger partial charge is 0.378 e. The van der Waals surface area contributed by atoms with Crippen molar-refractivity contribution in [1.29, 1.82) is 0 Å². The molecule has 4 rings (SSSR count). The van der Waals surface area contributed by atoms with Gasteiger partial charge in [-0.05, 0) is 29.2 Å². The van der Waals surface area contributed by atoms with Gasteiger partial charge >= 0.3 is 0 Å².